The Morgan fingerprint density at radius 2 is 2.00 bits per heavy atom. The van der Waals surface area contributed by atoms with Crippen LogP contribution in [0.25, 0.3) is 6.08 Å². The highest BCUT2D eigenvalue weighted by Gasteiger charge is 2.04. The molecule has 0 saturated carbocycles. The number of hydrogen-bond acceptors (Lipinski definition) is 1. The predicted molar refractivity (Wildman–Crippen MR) is 59.9 cm³/mol. The Bertz CT molecular complexity index is 278. The lowest BCUT2D eigenvalue weighted by molar-refractivity contribution is 0.521. The number of furan rings is 1. The smallest absolute Gasteiger partial charge is 0.164 e. The lowest BCUT2D eigenvalue weighted by Gasteiger charge is -2.10. The Labute approximate surface area is 87.0 Å². The van der Waals surface area contributed by atoms with E-state index in [1.54, 1.807) is 0 Å². The molecule has 0 aliphatic heterocycles. The highest BCUT2D eigenvalue weighted by Crippen LogP contribution is 2.18. The maximum Gasteiger partial charge on any atom is 0.164 e. The van der Waals surface area contributed by atoms with Crippen molar-refractivity contribution in [2.75, 3.05) is 0 Å². The first-order chi connectivity index (χ1) is 5.47. The Morgan fingerprint density at radius 3 is 2.42 bits per heavy atom. The molecule has 2 heteroatoms. The Balaban J connectivity index is 2.70. The number of halogens is 1. The van der Waals surface area contributed by atoms with Crippen LogP contribution < -0.4 is 0 Å². The summed E-state index contributed by atoms with van der Waals surface area (Å²) in [6.45, 7) is 6.49. The minimum Gasteiger partial charge on any atom is -0.451 e. The Kier molecular flexibility index (Phi) is 2.99. The van der Waals surface area contributed by atoms with Gasteiger partial charge in [-0.05, 0) is 46.2 Å². The van der Waals surface area contributed by atoms with Crippen LogP contribution in [-0.2, 0) is 0 Å². The van der Waals surface area contributed by atoms with E-state index < -0.39 is 0 Å². The molecule has 1 heterocycles. The summed E-state index contributed by atoms with van der Waals surface area (Å²) in [5.74, 6) is 0.925. The predicted octanol–water partition coefficient (Wildman–Crippen LogP) is 3.94. The highest BCUT2D eigenvalue weighted by atomic mass is 127. The van der Waals surface area contributed by atoms with E-state index in [2.05, 4.69) is 49.4 Å². The summed E-state index contributed by atoms with van der Waals surface area (Å²) in [6, 6.07) is 3.94. The maximum atomic E-state index is 5.38. The summed E-state index contributed by atoms with van der Waals surface area (Å²) in [7, 11) is 0. The van der Waals surface area contributed by atoms with Crippen molar-refractivity contribution in [3.63, 3.8) is 0 Å². The molecule has 66 valence electrons. The Hall–Kier alpha value is -0.250. The molecule has 0 unspecified atom stereocenters. The van der Waals surface area contributed by atoms with Crippen molar-refractivity contribution in [2.45, 2.75) is 20.8 Å². The number of allylic oxidation sites excluding steroid dienone is 1. The summed E-state index contributed by atoms with van der Waals surface area (Å²) in [5.41, 5.74) is 0.220. The second-order valence-corrected chi connectivity index (χ2v) is 4.90. The molecule has 1 rings (SSSR count). The zero-order valence-corrected chi connectivity index (χ0v) is 9.75. The van der Waals surface area contributed by atoms with Crippen LogP contribution in [0.5, 0.6) is 0 Å². The van der Waals surface area contributed by atoms with Crippen LogP contribution in [0.4, 0.5) is 0 Å². The molecule has 0 amide bonds. The quantitative estimate of drug-likeness (QED) is 0.708. The molecule has 0 saturated heterocycles. The molecule has 0 bridgehead atoms. The first-order valence-electron chi connectivity index (χ1n) is 3.92. The second kappa shape index (κ2) is 3.64. The first kappa shape index (κ1) is 9.84. The summed E-state index contributed by atoms with van der Waals surface area (Å²) in [5, 5.41) is 0. The minimum absolute atomic E-state index is 0.220. The third-order valence-electron chi connectivity index (χ3n) is 1.34. The summed E-state index contributed by atoms with van der Waals surface area (Å²) in [4.78, 5) is 0. The van der Waals surface area contributed by atoms with Crippen LogP contribution in [0, 0.1) is 9.18 Å². The molecule has 0 spiro atoms. The van der Waals surface area contributed by atoms with Crippen molar-refractivity contribution >= 4 is 28.7 Å². The molecule has 0 aromatic carbocycles. The van der Waals surface area contributed by atoms with Gasteiger partial charge in [0, 0.05) is 0 Å². The van der Waals surface area contributed by atoms with E-state index in [0.717, 1.165) is 9.53 Å². The summed E-state index contributed by atoms with van der Waals surface area (Å²) in [6.07, 6.45) is 4.16. The normalized spacial score (nSPS) is 12.7. The van der Waals surface area contributed by atoms with Gasteiger partial charge in [0.05, 0.1) is 0 Å². The van der Waals surface area contributed by atoms with E-state index in [0.29, 0.717) is 0 Å². The largest absolute Gasteiger partial charge is 0.451 e. The molecule has 0 atom stereocenters. The third kappa shape index (κ3) is 3.43. The molecular weight excluding hydrogens is 263 g/mol. The molecule has 1 aromatic rings. The fraction of sp³-hybridized carbons (Fsp3) is 0.400. The zero-order chi connectivity index (χ0) is 9.19. The molecule has 0 aliphatic rings. The van der Waals surface area contributed by atoms with E-state index in [4.69, 9.17) is 4.42 Å². The second-order valence-electron chi connectivity index (χ2n) is 3.84. The van der Waals surface area contributed by atoms with Gasteiger partial charge < -0.3 is 4.42 Å². The van der Waals surface area contributed by atoms with Crippen LogP contribution in [-0.4, -0.2) is 0 Å². The van der Waals surface area contributed by atoms with Gasteiger partial charge in [-0.25, -0.2) is 0 Å². The monoisotopic (exact) mass is 276 g/mol. The van der Waals surface area contributed by atoms with Gasteiger partial charge in [-0.2, -0.15) is 0 Å². The van der Waals surface area contributed by atoms with Crippen LogP contribution in [0.1, 0.15) is 26.5 Å². The van der Waals surface area contributed by atoms with E-state index in [1.807, 2.05) is 18.2 Å². The van der Waals surface area contributed by atoms with E-state index in [9.17, 15) is 0 Å². The van der Waals surface area contributed by atoms with Gasteiger partial charge in [0.2, 0.25) is 0 Å². The minimum atomic E-state index is 0.220. The molecule has 0 aliphatic carbocycles. The van der Waals surface area contributed by atoms with Crippen molar-refractivity contribution in [1.29, 1.82) is 0 Å². The first-order valence-corrected chi connectivity index (χ1v) is 5.00. The Morgan fingerprint density at radius 1 is 1.33 bits per heavy atom. The molecule has 0 radical (unpaired) electrons. The fourth-order valence-corrected chi connectivity index (χ4v) is 1.18. The van der Waals surface area contributed by atoms with Gasteiger partial charge in [0.15, 0.2) is 3.77 Å². The van der Waals surface area contributed by atoms with Crippen molar-refractivity contribution in [2.24, 2.45) is 5.41 Å². The third-order valence-corrected chi connectivity index (χ3v) is 1.92. The summed E-state index contributed by atoms with van der Waals surface area (Å²) >= 11 is 2.16. The van der Waals surface area contributed by atoms with Gasteiger partial charge in [0.1, 0.15) is 5.76 Å². The van der Waals surface area contributed by atoms with Gasteiger partial charge in [-0.1, -0.05) is 26.8 Å². The molecule has 0 N–H and O–H groups in total. The van der Waals surface area contributed by atoms with Gasteiger partial charge in [0.25, 0.3) is 0 Å². The van der Waals surface area contributed by atoms with E-state index in [1.165, 1.54) is 0 Å². The van der Waals surface area contributed by atoms with E-state index >= 15 is 0 Å². The molecule has 12 heavy (non-hydrogen) atoms. The molecule has 1 nitrogen and oxygen atoms in total. The van der Waals surface area contributed by atoms with Gasteiger partial charge >= 0.3 is 0 Å². The number of hydrogen-bond donors (Lipinski definition) is 0. The van der Waals surface area contributed by atoms with Crippen LogP contribution in [0.15, 0.2) is 22.6 Å². The standard InChI is InChI=1S/C10H13IO/c1-10(2,3)7-6-8-4-5-9(11)12-8/h4-7H,1-3H3/b7-6+. The van der Waals surface area contributed by atoms with Crippen LogP contribution >= 0.6 is 22.6 Å². The van der Waals surface area contributed by atoms with Crippen molar-refractivity contribution in [3.8, 4) is 0 Å². The van der Waals surface area contributed by atoms with E-state index in [-0.39, 0.29) is 5.41 Å². The topological polar surface area (TPSA) is 13.1 Å². The van der Waals surface area contributed by atoms with Crippen LogP contribution in [0.3, 0.4) is 0 Å². The average molecular weight is 276 g/mol. The van der Waals surface area contributed by atoms with Crippen molar-refractivity contribution in [1.82, 2.24) is 0 Å². The lowest BCUT2D eigenvalue weighted by atomic mass is 9.96. The maximum absolute atomic E-state index is 5.38. The van der Waals surface area contributed by atoms with Gasteiger partial charge in [-0.15, -0.1) is 0 Å². The van der Waals surface area contributed by atoms with Gasteiger partial charge in [-0.3, -0.25) is 0 Å². The molecule has 0 fully saturated rings. The molecule has 1 aromatic heterocycles. The summed E-state index contributed by atoms with van der Waals surface area (Å²) < 4.78 is 6.31. The SMILES string of the molecule is CC(C)(C)/C=C/c1ccc(I)o1. The van der Waals surface area contributed by atoms with Crippen molar-refractivity contribution in [3.05, 3.63) is 27.7 Å². The van der Waals surface area contributed by atoms with Crippen molar-refractivity contribution < 1.29 is 4.42 Å². The molecular formula is C10H13IO. The lowest BCUT2D eigenvalue weighted by Crippen LogP contribution is -1.97. The highest BCUT2D eigenvalue weighted by molar-refractivity contribution is 14.1. The zero-order valence-electron chi connectivity index (χ0n) is 7.60. The van der Waals surface area contributed by atoms with Crippen LogP contribution in [0.2, 0.25) is 0 Å². The average Bonchev–Trinajstić information content (AvgIpc) is 2.30. The number of rotatable bonds is 1. The fourth-order valence-electron chi connectivity index (χ4n) is 0.750.